The number of rotatable bonds is 9. The minimum atomic E-state index is -3.89. The molecule has 1 N–H and O–H groups in total. The van der Waals surface area contributed by atoms with E-state index < -0.39 is 10.1 Å². The molecule has 118 valence electrons. The maximum atomic E-state index is 11.9. The van der Waals surface area contributed by atoms with Gasteiger partial charge in [0.15, 0.2) is 0 Å². The maximum Gasteiger partial charge on any atom is 0.264 e. The van der Waals surface area contributed by atoms with Crippen LogP contribution < -0.4 is 0 Å². The van der Waals surface area contributed by atoms with E-state index in [1.54, 1.807) is 0 Å². The Hall–Kier alpha value is 0.280. The maximum absolute atomic E-state index is 11.9. The first kappa shape index (κ1) is 18.3. The predicted molar refractivity (Wildman–Crippen MR) is 87.2 cm³/mol. The SMILES string of the molecule is CCCC(=O)CC(CCCS(=O)(=O)O)C1CSCCS1. The van der Waals surface area contributed by atoms with Crippen molar-refractivity contribution in [2.24, 2.45) is 5.92 Å². The van der Waals surface area contributed by atoms with Crippen molar-refractivity contribution in [3.8, 4) is 0 Å². The second-order valence-electron chi connectivity index (χ2n) is 5.17. The number of Topliss-reactive ketones (excluding diaryl/α,β-unsaturated/α-hetero) is 1. The largest absolute Gasteiger partial charge is 0.300 e. The third-order valence-electron chi connectivity index (χ3n) is 3.36. The lowest BCUT2D eigenvalue weighted by atomic mass is 9.93. The molecule has 2 atom stereocenters. The Labute approximate surface area is 130 Å². The molecule has 1 rings (SSSR count). The number of hydrogen-bond donors (Lipinski definition) is 1. The van der Waals surface area contributed by atoms with Gasteiger partial charge in [0.05, 0.1) is 5.75 Å². The molecule has 1 aliphatic rings. The fourth-order valence-corrected chi connectivity index (χ4v) is 5.94. The summed E-state index contributed by atoms with van der Waals surface area (Å²) in [6.45, 7) is 2.00. The van der Waals surface area contributed by atoms with E-state index in [2.05, 4.69) is 0 Å². The van der Waals surface area contributed by atoms with Crippen LogP contribution in [0.5, 0.6) is 0 Å². The van der Waals surface area contributed by atoms with Gasteiger partial charge in [0, 0.05) is 35.4 Å². The van der Waals surface area contributed by atoms with Crippen LogP contribution >= 0.6 is 23.5 Å². The van der Waals surface area contributed by atoms with Crippen molar-refractivity contribution in [3.63, 3.8) is 0 Å². The highest BCUT2D eigenvalue weighted by Crippen LogP contribution is 2.34. The molecular weight excluding hydrogens is 316 g/mol. The molecular formula is C13H24O4S3. The molecule has 1 heterocycles. The lowest BCUT2D eigenvalue weighted by Gasteiger charge is -2.29. The van der Waals surface area contributed by atoms with Crippen LogP contribution in [0.1, 0.15) is 39.0 Å². The number of carbonyl (C=O) groups excluding carboxylic acids is 1. The van der Waals surface area contributed by atoms with E-state index in [4.69, 9.17) is 4.55 Å². The highest BCUT2D eigenvalue weighted by Gasteiger charge is 2.26. The smallest absolute Gasteiger partial charge is 0.264 e. The fourth-order valence-electron chi connectivity index (χ4n) is 2.40. The van der Waals surface area contributed by atoms with Gasteiger partial charge in [0.2, 0.25) is 0 Å². The van der Waals surface area contributed by atoms with Gasteiger partial charge in [-0.3, -0.25) is 9.35 Å². The molecule has 7 heteroatoms. The van der Waals surface area contributed by atoms with Crippen molar-refractivity contribution in [2.75, 3.05) is 23.0 Å². The molecule has 0 aliphatic carbocycles. The Morgan fingerprint density at radius 2 is 2.15 bits per heavy atom. The average molecular weight is 341 g/mol. The summed E-state index contributed by atoms with van der Waals surface area (Å²) >= 11 is 3.82. The van der Waals surface area contributed by atoms with Crippen LogP contribution in [0.2, 0.25) is 0 Å². The highest BCUT2D eigenvalue weighted by molar-refractivity contribution is 8.06. The van der Waals surface area contributed by atoms with E-state index in [0.29, 0.717) is 30.9 Å². The first-order chi connectivity index (χ1) is 9.42. The van der Waals surface area contributed by atoms with Crippen molar-refractivity contribution in [1.29, 1.82) is 0 Å². The molecule has 0 aromatic rings. The van der Waals surface area contributed by atoms with E-state index in [0.717, 1.165) is 23.7 Å². The van der Waals surface area contributed by atoms with Crippen LogP contribution in [0.15, 0.2) is 0 Å². The normalized spacial score (nSPS) is 21.6. The minimum absolute atomic E-state index is 0.198. The lowest BCUT2D eigenvalue weighted by molar-refractivity contribution is -0.120. The summed E-state index contributed by atoms with van der Waals surface area (Å²) in [5, 5.41) is 0.441. The first-order valence-corrected chi connectivity index (χ1v) is 10.9. The van der Waals surface area contributed by atoms with Crippen LogP contribution in [0.3, 0.4) is 0 Å². The van der Waals surface area contributed by atoms with Crippen LogP contribution in [0.25, 0.3) is 0 Å². The highest BCUT2D eigenvalue weighted by atomic mass is 32.2. The van der Waals surface area contributed by atoms with Gasteiger partial charge in [0.1, 0.15) is 5.78 Å². The molecule has 0 aromatic carbocycles. The van der Waals surface area contributed by atoms with E-state index in [1.807, 2.05) is 30.4 Å². The summed E-state index contributed by atoms with van der Waals surface area (Å²) in [6, 6.07) is 0. The number of hydrogen-bond acceptors (Lipinski definition) is 5. The summed E-state index contributed by atoms with van der Waals surface area (Å²) in [4.78, 5) is 11.9. The Bertz CT molecular complexity index is 388. The van der Waals surface area contributed by atoms with E-state index in [1.165, 1.54) is 0 Å². The van der Waals surface area contributed by atoms with Crippen LogP contribution in [0, 0.1) is 5.92 Å². The van der Waals surface area contributed by atoms with Gasteiger partial charge in [-0.05, 0) is 25.2 Å². The van der Waals surface area contributed by atoms with Gasteiger partial charge in [-0.2, -0.15) is 31.9 Å². The van der Waals surface area contributed by atoms with Crippen molar-refractivity contribution >= 4 is 39.4 Å². The van der Waals surface area contributed by atoms with Crippen molar-refractivity contribution in [2.45, 2.75) is 44.3 Å². The summed E-state index contributed by atoms with van der Waals surface area (Å²) in [6.07, 6.45) is 3.16. The summed E-state index contributed by atoms with van der Waals surface area (Å²) < 4.78 is 30.4. The molecule has 0 amide bonds. The zero-order chi connectivity index (χ0) is 15.0. The third kappa shape index (κ3) is 7.90. The predicted octanol–water partition coefficient (Wildman–Crippen LogP) is 2.88. The van der Waals surface area contributed by atoms with E-state index >= 15 is 0 Å². The van der Waals surface area contributed by atoms with E-state index in [9.17, 15) is 13.2 Å². The second kappa shape index (κ2) is 9.33. The van der Waals surface area contributed by atoms with Gasteiger partial charge >= 0.3 is 0 Å². The van der Waals surface area contributed by atoms with Gasteiger partial charge < -0.3 is 0 Å². The monoisotopic (exact) mass is 340 g/mol. The topological polar surface area (TPSA) is 71.4 Å². The molecule has 0 bridgehead atoms. The molecule has 4 nitrogen and oxygen atoms in total. The molecule has 0 radical (unpaired) electrons. The zero-order valence-electron chi connectivity index (χ0n) is 11.9. The number of carbonyl (C=O) groups is 1. The van der Waals surface area contributed by atoms with E-state index in [-0.39, 0.29) is 17.5 Å². The van der Waals surface area contributed by atoms with Gasteiger partial charge in [-0.15, -0.1) is 0 Å². The number of ketones is 1. The molecule has 0 saturated carbocycles. The fraction of sp³-hybridized carbons (Fsp3) is 0.923. The first-order valence-electron chi connectivity index (χ1n) is 7.08. The van der Waals surface area contributed by atoms with Crippen LogP contribution in [-0.4, -0.2) is 47.0 Å². The van der Waals surface area contributed by atoms with Gasteiger partial charge in [0.25, 0.3) is 10.1 Å². The molecule has 0 aromatic heterocycles. The summed E-state index contributed by atoms with van der Waals surface area (Å²) in [7, 11) is -3.89. The second-order valence-corrected chi connectivity index (χ2v) is 9.23. The summed E-state index contributed by atoms with van der Waals surface area (Å²) in [5.74, 6) is 3.62. The molecule has 1 fully saturated rings. The third-order valence-corrected chi connectivity index (χ3v) is 7.14. The Morgan fingerprint density at radius 1 is 1.40 bits per heavy atom. The Kier molecular flexibility index (Phi) is 8.55. The molecule has 20 heavy (non-hydrogen) atoms. The van der Waals surface area contributed by atoms with Crippen LogP contribution in [-0.2, 0) is 14.9 Å². The number of thioether (sulfide) groups is 2. The minimum Gasteiger partial charge on any atom is -0.300 e. The Morgan fingerprint density at radius 3 is 2.70 bits per heavy atom. The van der Waals surface area contributed by atoms with Crippen molar-refractivity contribution in [3.05, 3.63) is 0 Å². The quantitative estimate of drug-likeness (QED) is 0.651. The van der Waals surface area contributed by atoms with Gasteiger partial charge in [-0.25, -0.2) is 0 Å². The summed E-state index contributed by atoms with van der Waals surface area (Å²) in [5.41, 5.74) is 0. The Balaban J connectivity index is 2.51. The van der Waals surface area contributed by atoms with Crippen LogP contribution in [0.4, 0.5) is 0 Å². The average Bonchev–Trinajstić information content (AvgIpc) is 2.37. The molecule has 0 spiro atoms. The van der Waals surface area contributed by atoms with Gasteiger partial charge in [-0.1, -0.05) is 6.92 Å². The molecule has 2 unspecified atom stereocenters. The molecule has 1 aliphatic heterocycles. The van der Waals surface area contributed by atoms with Crippen molar-refractivity contribution in [1.82, 2.24) is 0 Å². The standard InChI is InChI=1S/C13H24O4S3/c1-2-4-12(14)9-11(5-3-8-20(15,16)17)13-10-18-6-7-19-13/h11,13H,2-10H2,1H3,(H,15,16,17). The molecule has 1 saturated heterocycles. The lowest BCUT2D eigenvalue weighted by Crippen LogP contribution is -2.27. The zero-order valence-corrected chi connectivity index (χ0v) is 14.4. The van der Waals surface area contributed by atoms with Crippen molar-refractivity contribution < 1.29 is 17.8 Å².